The molecule has 7 aromatic carbocycles. The first-order valence-corrected chi connectivity index (χ1v) is 17.8. The number of para-hydroxylation sites is 4. The molecule has 0 amide bonds. The largest absolute Gasteiger partial charge is 0.317 e. The fourth-order valence-corrected chi connectivity index (χ4v) is 7.98. The third-order valence-electron chi connectivity index (χ3n) is 10.4. The van der Waals surface area contributed by atoms with Crippen LogP contribution in [0.5, 0.6) is 0 Å². The Hall–Kier alpha value is -7.31. The minimum Gasteiger partial charge on any atom is -0.317 e. The van der Waals surface area contributed by atoms with Gasteiger partial charge in [-0.25, -0.2) is 0 Å². The van der Waals surface area contributed by atoms with Crippen LogP contribution in [0.2, 0.25) is 0 Å². The van der Waals surface area contributed by atoms with E-state index in [1.54, 1.807) is 0 Å². The number of nitrogens with zero attached hydrogens (tertiary/aromatic N) is 6. The molecule has 0 aliphatic heterocycles. The van der Waals surface area contributed by atoms with Crippen molar-refractivity contribution in [2.75, 3.05) is 0 Å². The summed E-state index contributed by atoms with van der Waals surface area (Å²) in [5.74, 6) is 1.73. The highest BCUT2D eigenvalue weighted by molar-refractivity contribution is 6.21. The van der Waals surface area contributed by atoms with Gasteiger partial charge in [-0.3, -0.25) is 9.13 Å². The molecule has 6 nitrogen and oxygen atoms in total. The number of rotatable bonds is 5. The standard InChI is InChI=1S/C47H30N6/c1-3-13-31(14-4-1)32-23-25-33(26-24-32)45-48-46(52-40-20-10-7-17-35(40)36-18-8-11-21-41(36)52)50-47(49-45)53-42-22-12-9-19-37(42)44-38-29-30-51(34-15-5-2-6-16-34)39(38)27-28-43(44)53/h1-30H. The smallest absolute Gasteiger partial charge is 0.240 e. The molecule has 11 aromatic rings. The van der Waals surface area contributed by atoms with Gasteiger partial charge in [0.15, 0.2) is 5.82 Å². The minimum atomic E-state index is 0.562. The van der Waals surface area contributed by atoms with E-state index in [9.17, 15) is 0 Å². The zero-order valence-electron chi connectivity index (χ0n) is 28.5. The molecule has 0 atom stereocenters. The van der Waals surface area contributed by atoms with Crippen molar-refractivity contribution in [1.82, 2.24) is 28.7 Å². The molecule has 0 aliphatic carbocycles. The lowest BCUT2D eigenvalue weighted by molar-refractivity contribution is 0.893. The van der Waals surface area contributed by atoms with Gasteiger partial charge in [0.2, 0.25) is 11.9 Å². The monoisotopic (exact) mass is 678 g/mol. The van der Waals surface area contributed by atoms with E-state index >= 15 is 0 Å². The summed E-state index contributed by atoms with van der Waals surface area (Å²) in [7, 11) is 0. The van der Waals surface area contributed by atoms with Crippen LogP contribution in [-0.2, 0) is 0 Å². The third kappa shape index (κ3) is 4.56. The highest BCUT2D eigenvalue weighted by Crippen LogP contribution is 2.38. The second kappa shape index (κ2) is 11.6. The molecule has 0 N–H and O–H groups in total. The molecule has 0 radical (unpaired) electrons. The molecule has 0 saturated heterocycles. The summed E-state index contributed by atoms with van der Waals surface area (Å²) in [6.45, 7) is 0. The minimum absolute atomic E-state index is 0.562. The maximum absolute atomic E-state index is 5.34. The second-order valence-corrected chi connectivity index (χ2v) is 13.3. The van der Waals surface area contributed by atoms with Crippen LogP contribution in [0.25, 0.3) is 94.6 Å². The molecule has 4 aromatic heterocycles. The maximum Gasteiger partial charge on any atom is 0.240 e. The second-order valence-electron chi connectivity index (χ2n) is 13.3. The molecular weight excluding hydrogens is 649 g/mol. The third-order valence-corrected chi connectivity index (χ3v) is 10.4. The van der Waals surface area contributed by atoms with Crippen LogP contribution < -0.4 is 0 Å². The normalized spacial score (nSPS) is 11.8. The van der Waals surface area contributed by atoms with Gasteiger partial charge in [-0.1, -0.05) is 127 Å². The highest BCUT2D eigenvalue weighted by Gasteiger charge is 2.22. The first-order chi connectivity index (χ1) is 26.3. The average Bonchev–Trinajstić information content (AvgIpc) is 3.92. The summed E-state index contributed by atoms with van der Waals surface area (Å²) >= 11 is 0. The fourth-order valence-electron chi connectivity index (χ4n) is 7.98. The van der Waals surface area contributed by atoms with Crippen molar-refractivity contribution in [2.24, 2.45) is 0 Å². The number of hydrogen-bond acceptors (Lipinski definition) is 3. The van der Waals surface area contributed by atoms with Crippen LogP contribution >= 0.6 is 0 Å². The molecule has 0 fully saturated rings. The van der Waals surface area contributed by atoms with Crippen molar-refractivity contribution in [1.29, 1.82) is 0 Å². The van der Waals surface area contributed by atoms with E-state index in [4.69, 9.17) is 15.0 Å². The Balaban J connectivity index is 1.19. The predicted molar refractivity (Wildman–Crippen MR) is 216 cm³/mol. The van der Waals surface area contributed by atoms with Gasteiger partial charge in [-0.05, 0) is 59.7 Å². The molecule has 11 rings (SSSR count). The molecule has 248 valence electrons. The zero-order valence-corrected chi connectivity index (χ0v) is 28.5. The van der Waals surface area contributed by atoms with Crippen molar-refractivity contribution in [3.8, 4) is 40.1 Å². The van der Waals surface area contributed by atoms with Crippen LogP contribution in [-0.4, -0.2) is 28.7 Å². The van der Waals surface area contributed by atoms with E-state index < -0.39 is 0 Å². The van der Waals surface area contributed by atoms with Gasteiger partial charge in [-0.2, -0.15) is 15.0 Å². The number of fused-ring (bicyclic) bond motifs is 8. The topological polar surface area (TPSA) is 53.5 Å². The zero-order chi connectivity index (χ0) is 34.9. The van der Waals surface area contributed by atoms with Crippen molar-refractivity contribution in [3.05, 3.63) is 182 Å². The first-order valence-electron chi connectivity index (χ1n) is 17.8. The van der Waals surface area contributed by atoms with Crippen molar-refractivity contribution in [2.45, 2.75) is 0 Å². The van der Waals surface area contributed by atoms with Crippen LogP contribution in [0.3, 0.4) is 0 Å². The molecule has 4 heterocycles. The fraction of sp³-hybridized carbons (Fsp3) is 0. The summed E-state index contributed by atoms with van der Waals surface area (Å²) in [6.07, 6.45) is 2.16. The molecule has 53 heavy (non-hydrogen) atoms. The van der Waals surface area contributed by atoms with Gasteiger partial charge in [0.25, 0.3) is 0 Å². The lowest BCUT2D eigenvalue weighted by atomic mass is 10.0. The number of benzene rings is 7. The average molecular weight is 679 g/mol. The van der Waals surface area contributed by atoms with Crippen molar-refractivity contribution >= 4 is 54.5 Å². The molecule has 0 saturated carbocycles. The van der Waals surface area contributed by atoms with Gasteiger partial charge < -0.3 is 4.57 Å². The lowest BCUT2D eigenvalue weighted by Gasteiger charge is -2.13. The molecule has 0 aliphatic rings. The Morgan fingerprint density at radius 3 is 1.45 bits per heavy atom. The Kier molecular flexibility index (Phi) is 6.45. The Morgan fingerprint density at radius 2 is 0.792 bits per heavy atom. The van der Waals surface area contributed by atoms with E-state index in [-0.39, 0.29) is 0 Å². The van der Waals surface area contributed by atoms with Gasteiger partial charge in [0, 0.05) is 44.4 Å². The lowest BCUT2D eigenvalue weighted by Crippen LogP contribution is -2.10. The van der Waals surface area contributed by atoms with Crippen LogP contribution in [0.4, 0.5) is 0 Å². The Morgan fingerprint density at radius 1 is 0.321 bits per heavy atom. The SMILES string of the molecule is c1ccc(-c2ccc(-c3nc(-n4c5ccccc5c5ccccc54)nc(-n4c5ccccc5c5c6ccn(-c7ccccc7)c6ccc54)n3)cc2)cc1. The van der Waals surface area contributed by atoms with Gasteiger partial charge in [0.1, 0.15) is 0 Å². The molecular formula is C47H30N6. The molecule has 6 heteroatoms. The quantitative estimate of drug-likeness (QED) is 0.182. The van der Waals surface area contributed by atoms with Gasteiger partial charge in [0.05, 0.1) is 27.6 Å². The summed E-state index contributed by atoms with van der Waals surface area (Å²) in [4.78, 5) is 15.8. The van der Waals surface area contributed by atoms with E-state index in [0.29, 0.717) is 17.7 Å². The van der Waals surface area contributed by atoms with E-state index in [1.807, 2.05) is 6.07 Å². The summed E-state index contributed by atoms with van der Waals surface area (Å²) in [6, 6.07) is 61.5. The maximum atomic E-state index is 5.34. The summed E-state index contributed by atoms with van der Waals surface area (Å²) < 4.78 is 6.62. The van der Waals surface area contributed by atoms with Crippen molar-refractivity contribution < 1.29 is 0 Å². The van der Waals surface area contributed by atoms with Crippen LogP contribution in [0.15, 0.2) is 182 Å². The summed E-state index contributed by atoms with van der Waals surface area (Å²) in [5.41, 5.74) is 9.65. The number of aromatic nitrogens is 6. The van der Waals surface area contributed by atoms with E-state index in [1.165, 1.54) is 16.3 Å². The molecule has 0 unspecified atom stereocenters. The Labute approximate surface area is 304 Å². The van der Waals surface area contributed by atoms with Crippen LogP contribution in [0, 0.1) is 0 Å². The molecule has 0 bridgehead atoms. The van der Waals surface area contributed by atoms with E-state index in [0.717, 1.165) is 60.6 Å². The Bertz CT molecular complexity index is 3100. The van der Waals surface area contributed by atoms with Gasteiger partial charge >= 0.3 is 0 Å². The number of hydrogen-bond donors (Lipinski definition) is 0. The van der Waals surface area contributed by atoms with Gasteiger partial charge in [-0.15, -0.1) is 0 Å². The highest BCUT2D eigenvalue weighted by atomic mass is 15.3. The van der Waals surface area contributed by atoms with E-state index in [2.05, 4.69) is 190 Å². The summed E-state index contributed by atoms with van der Waals surface area (Å²) in [5, 5.41) is 5.79. The van der Waals surface area contributed by atoms with Crippen LogP contribution in [0.1, 0.15) is 0 Å². The predicted octanol–water partition coefficient (Wildman–Crippen LogP) is 11.3. The van der Waals surface area contributed by atoms with Crippen molar-refractivity contribution in [3.63, 3.8) is 0 Å². The first kappa shape index (κ1) is 29.4. The molecule has 0 spiro atoms.